The van der Waals surface area contributed by atoms with Gasteiger partial charge >= 0.3 is 0 Å². The van der Waals surface area contributed by atoms with Crippen molar-refractivity contribution in [1.29, 1.82) is 0 Å². The van der Waals surface area contributed by atoms with E-state index in [-0.39, 0.29) is 6.61 Å². The molecule has 0 aliphatic heterocycles. The number of methoxy groups -OCH3 is 2. The van der Waals surface area contributed by atoms with E-state index in [1.807, 2.05) is 55.6 Å². The molecule has 0 aliphatic carbocycles. The van der Waals surface area contributed by atoms with Gasteiger partial charge in [-0.15, -0.1) is 5.10 Å². The van der Waals surface area contributed by atoms with E-state index in [1.54, 1.807) is 18.9 Å². The lowest BCUT2D eigenvalue weighted by Gasteiger charge is -2.16. The third-order valence-corrected chi connectivity index (χ3v) is 4.35. The lowest BCUT2D eigenvalue weighted by atomic mass is 10.2. The molecular formula is C20H23N3O4S. The molecule has 1 heterocycles. The minimum atomic E-state index is 0.200. The van der Waals surface area contributed by atoms with E-state index in [9.17, 15) is 0 Å². The van der Waals surface area contributed by atoms with Crippen LogP contribution in [0, 0.1) is 4.84 Å². The van der Waals surface area contributed by atoms with Crippen molar-refractivity contribution in [3.63, 3.8) is 0 Å². The molecule has 3 rings (SSSR count). The minimum absolute atomic E-state index is 0.200. The highest BCUT2D eigenvalue weighted by atomic mass is 32.1. The molecule has 0 atom stereocenters. The van der Waals surface area contributed by atoms with Gasteiger partial charge in [0.15, 0.2) is 6.61 Å². The molecule has 3 aromatic rings. The van der Waals surface area contributed by atoms with Crippen LogP contribution in [0.5, 0.6) is 17.2 Å². The van der Waals surface area contributed by atoms with E-state index in [0.717, 1.165) is 18.0 Å². The van der Waals surface area contributed by atoms with Crippen molar-refractivity contribution in [3.8, 4) is 17.2 Å². The van der Waals surface area contributed by atoms with Gasteiger partial charge in [-0.05, 0) is 61.2 Å². The zero-order valence-electron chi connectivity index (χ0n) is 16.1. The Morgan fingerprint density at radius 3 is 2.14 bits per heavy atom. The summed E-state index contributed by atoms with van der Waals surface area (Å²) in [6.45, 7) is 1.46. The molecule has 0 radical (unpaired) electrons. The van der Waals surface area contributed by atoms with Gasteiger partial charge in [0, 0.05) is 6.54 Å². The molecule has 0 fully saturated rings. The van der Waals surface area contributed by atoms with Crippen molar-refractivity contribution in [2.75, 3.05) is 21.3 Å². The van der Waals surface area contributed by atoms with E-state index in [1.165, 1.54) is 5.56 Å². The quantitative estimate of drug-likeness (QED) is 0.504. The lowest BCUT2D eigenvalue weighted by molar-refractivity contribution is 0.240. The summed E-state index contributed by atoms with van der Waals surface area (Å²) in [5, 5.41) is 4.40. The number of hydrogen-bond acceptors (Lipinski definition) is 7. The fourth-order valence-electron chi connectivity index (χ4n) is 2.64. The molecule has 0 saturated carbocycles. The van der Waals surface area contributed by atoms with Gasteiger partial charge in [0.1, 0.15) is 17.2 Å². The van der Waals surface area contributed by atoms with Gasteiger partial charge in [-0.3, -0.25) is 4.90 Å². The Hall–Kier alpha value is -2.84. The van der Waals surface area contributed by atoms with E-state index in [0.29, 0.717) is 23.1 Å². The van der Waals surface area contributed by atoms with Crippen LogP contribution in [0.25, 0.3) is 0 Å². The molecule has 7 nitrogen and oxygen atoms in total. The van der Waals surface area contributed by atoms with Crippen LogP contribution >= 0.6 is 12.2 Å². The Labute approximate surface area is 169 Å². The zero-order valence-corrected chi connectivity index (χ0v) is 16.9. The first-order valence-corrected chi connectivity index (χ1v) is 9.13. The van der Waals surface area contributed by atoms with Crippen molar-refractivity contribution in [1.82, 2.24) is 14.7 Å². The van der Waals surface area contributed by atoms with Gasteiger partial charge in [0.25, 0.3) is 10.7 Å². The molecule has 2 aromatic carbocycles. The van der Waals surface area contributed by atoms with Gasteiger partial charge in [-0.1, -0.05) is 12.1 Å². The van der Waals surface area contributed by atoms with Gasteiger partial charge in [-0.25, -0.2) is 4.68 Å². The molecule has 1 aromatic heterocycles. The first kappa shape index (κ1) is 19.9. The van der Waals surface area contributed by atoms with Crippen molar-refractivity contribution < 1.29 is 18.6 Å². The Balaban J connectivity index is 1.55. The number of aromatic nitrogens is 2. The lowest BCUT2D eigenvalue weighted by Crippen LogP contribution is -2.22. The van der Waals surface area contributed by atoms with Crippen LogP contribution in [-0.4, -0.2) is 35.9 Å². The molecule has 0 saturated heterocycles. The molecule has 28 heavy (non-hydrogen) atoms. The van der Waals surface area contributed by atoms with Crippen molar-refractivity contribution in [3.05, 3.63) is 64.8 Å². The number of nitrogens with zero attached hydrogens (tertiary/aromatic N) is 3. The van der Waals surface area contributed by atoms with Crippen LogP contribution in [0.15, 0.2) is 52.9 Å². The predicted octanol–water partition coefficient (Wildman–Crippen LogP) is 3.89. The maximum Gasteiger partial charge on any atom is 0.288 e. The van der Waals surface area contributed by atoms with Crippen LogP contribution in [0.4, 0.5) is 0 Å². The molecule has 148 valence electrons. The predicted molar refractivity (Wildman–Crippen MR) is 107 cm³/mol. The zero-order chi connectivity index (χ0) is 19.9. The molecule has 8 heteroatoms. The maximum absolute atomic E-state index is 5.69. The normalized spacial score (nSPS) is 10.9. The van der Waals surface area contributed by atoms with Gasteiger partial charge in [-0.2, -0.15) is 0 Å². The van der Waals surface area contributed by atoms with Crippen molar-refractivity contribution in [2.45, 2.75) is 19.8 Å². The van der Waals surface area contributed by atoms with Crippen LogP contribution < -0.4 is 14.2 Å². The standard InChI is InChI=1S/C20H23N3O4S/c1-22(12-15-4-6-16(24-2)7-5-15)14-23-20(28)27-19(21-23)13-26-18-10-8-17(25-3)9-11-18/h4-11H,12-14H2,1-3H3. The molecule has 0 N–H and O–H groups in total. The van der Waals surface area contributed by atoms with Crippen LogP contribution in [0.2, 0.25) is 0 Å². The highest BCUT2D eigenvalue weighted by molar-refractivity contribution is 7.71. The summed E-state index contributed by atoms with van der Waals surface area (Å²) in [6.07, 6.45) is 0. The average Bonchev–Trinajstić information content (AvgIpc) is 3.06. The third-order valence-electron chi connectivity index (χ3n) is 4.06. The summed E-state index contributed by atoms with van der Waals surface area (Å²) in [4.78, 5) is 2.41. The Morgan fingerprint density at radius 1 is 0.964 bits per heavy atom. The van der Waals surface area contributed by atoms with E-state index in [4.69, 9.17) is 30.8 Å². The highest BCUT2D eigenvalue weighted by Crippen LogP contribution is 2.18. The van der Waals surface area contributed by atoms with Crippen LogP contribution in [-0.2, 0) is 19.8 Å². The number of ether oxygens (including phenoxy) is 3. The minimum Gasteiger partial charge on any atom is -0.497 e. The highest BCUT2D eigenvalue weighted by Gasteiger charge is 2.09. The van der Waals surface area contributed by atoms with Gasteiger partial charge < -0.3 is 18.6 Å². The van der Waals surface area contributed by atoms with E-state index in [2.05, 4.69) is 10.00 Å². The number of benzene rings is 2. The average molecular weight is 401 g/mol. The summed E-state index contributed by atoms with van der Waals surface area (Å²) in [5.74, 6) is 2.74. The summed E-state index contributed by atoms with van der Waals surface area (Å²) >= 11 is 5.27. The molecule has 0 amide bonds. The van der Waals surface area contributed by atoms with Crippen molar-refractivity contribution in [2.24, 2.45) is 0 Å². The molecule has 0 spiro atoms. The first-order valence-electron chi connectivity index (χ1n) is 8.72. The number of rotatable bonds is 9. The first-order chi connectivity index (χ1) is 13.6. The second kappa shape index (κ2) is 9.38. The Kier molecular flexibility index (Phi) is 6.67. The Bertz CT molecular complexity index is 935. The summed E-state index contributed by atoms with van der Waals surface area (Å²) in [7, 11) is 5.27. The SMILES string of the molecule is COc1ccc(CN(C)Cn2nc(COc3ccc(OC)cc3)oc2=S)cc1. The number of hydrogen-bond donors (Lipinski definition) is 0. The second-order valence-electron chi connectivity index (χ2n) is 6.23. The second-order valence-corrected chi connectivity index (χ2v) is 6.58. The summed E-state index contributed by atoms with van der Waals surface area (Å²) in [6, 6.07) is 15.3. The summed E-state index contributed by atoms with van der Waals surface area (Å²) < 4.78 is 23.2. The van der Waals surface area contributed by atoms with Crippen LogP contribution in [0.3, 0.4) is 0 Å². The fourth-order valence-corrected chi connectivity index (χ4v) is 2.83. The van der Waals surface area contributed by atoms with Crippen LogP contribution in [0.1, 0.15) is 11.5 Å². The summed E-state index contributed by atoms with van der Waals surface area (Å²) in [5.41, 5.74) is 1.17. The molecule has 0 bridgehead atoms. The Morgan fingerprint density at radius 2 is 1.54 bits per heavy atom. The van der Waals surface area contributed by atoms with Gasteiger partial charge in [0.05, 0.1) is 20.9 Å². The third kappa shape index (κ3) is 5.34. The van der Waals surface area contributed by atoms with Crippen molar-refractivity contribution >= 4 is 12.2 Å². The largest absolute Gasteiger partial charge is 0.497 e. The topological polar surface area (TPSA) is 61.9 Å². The molecule has 0 aliphatic rings. The maximum atomic E-state index is 5.69. The van der Waals surface area contributed by atoms with Gasteiger partial charge in [0.2, 0.25) is 0 Å². The van der Waals surface area contributed by atoms with E-state index >= 15 is 0 Å². The fraction of sp³-hybridized carbons (Fsp3) is 0.300. The monoisotopic (exact) mass is 401 g/mol. The molecule has 0 unspecified atom stereocenters. The van der Waals surface area contributed by atoms with E-state index < -0.39 is 0 Å². The smallest absolute Gasteiger partial charge is 0.288 e. The molecular weight excluding hydrogens is 378 g/mol.